The Hall–Kier alpha value is -4.89. The number of benzene rings is 4. The highest BCUT2D eigenvalue weighted by atomic mass is 35.5. The number of rotatable bonds is 9. The number of nitrogens with one attached hydrogen (secondary N) is 1. The minimum Gasteiger partial charge on any atom is -0.480 e. The molecular formula is C30H23ClN2O7. The maximum atomic E-state index is 12.7. The Morgan fingerprint density at radius 3 is 2.25 bits per heavy atom. The van der Waals surface area contributed by atoms with Crippen LogP contribution >= 0.6 is 11.6 Å². The highest BCUT2D eigenvalue weighted by molar-refractivity contribution is 6.30. The highest BCUT2D eigenvalue weighted by Crippen LogP contribution is 2.44. The van der Waals surface area contributed by atoms with E-state index in [9.17, 15) is 24.8 Å². The first kappa shape index (κ1) is 26.7. The number of carbonyl (C=O) groups excluding carboxylic acids is 1. The molecule has 0 aliphatic heterocycles. The summed E-state index contributed by atoms with van der Waals surface area (Å²) in [6, 6.07) is 24.8. The molecule has 1 amide bonds. The van der Waals surface area contributed by atoms with Gasteiger partial charge in [-0.25, -0.2) is 9.59 Å². The van der Waals surface area contributed by atoms with Gasteiger partial charge in [0.2, 0.25) is 5.75 Å². The topological polar surface area (TPSA) is 128 Å². The lowest BCUT2D eigenvalue weighted by atomic mass is 9.98. The first-order chi connectivity index (χ1) is 19.3. The molecule has 40 heavy (non-hydrogen) atoms. The lowest BCUT2D eigenvalue weighted by molar-refractivity contribution is -0.385. The molecule has 1 aliphatic carbocycles. The Labute approximate surface area is 234 Å². The average Bonchev–Trinajstić information content (AvgIpc) is 3.26. The lowest BCUT2D eigenvalue weighted by Gasteiger charge is -2.18. The molecule has 0 heterocycles. The molecule has 9 nitrogen and oxygen atoms in total. The van der Waals surface area contributed by atoms with Crippen LogP contribution in [0.15, 0.2) is 91.0 Å². The molecule has 0 spiro atoms. The monoisotopic (exact) mass is 558 g/mol. The van der Waals surface area contributed by atoms with E-state index in [2.05, 4.69) is 5.32 Å². The van der Waals surface area contributed by atoms with Gasteiger partial charge in [0.15, 0.2) is 0 Å². The molecule has 5 rings (SSSR count). The third-order valence-electron chi connectivity index (χ3n) is 6.62. The third kappa shape index (κ3) is 5.74. The van der Waals surface area contributed by atoms with Gasteiger partial charge in [-0.1, -0.05) is 72.3 Å². The summed E-state index contributed by atoms with van der Waals surface area (Å²) in [4.78, 5) is 35.7. The summed E-state index contributed by atoms with van der Waals surface area (Å²) in [5, 5.41) is 24.2. The minimum absolute atomic E-state index is 0.0210. The Morgan fingerprint density at radius 2 is 1.62 bits per heavy atom. The van der Waals surface area contributed by atoms with Crippen LogP contribution in [0.3, 0.4) is 0 Å². The van der Waals surface area contributed by atoms with E-state index in [-0.39, 0.29) is 30.4 Å². The summed E-state index contributed by atoms with van der Waals surface area (Å²) < 4.78 is 11.1. The number of nitro benzene ring substituents is 1. The summed E-state index contributed by atoms with van der Waals surface area (Å²) in [6.07, 6.45) is -1.11. The zero-order valence-electron chi connectivity index (χ0n) is 21.0. The summed E-state index contributed by atoms with van der Waals surface area (Å²) in [7, 11) is 0. The fourth-order valence-corrected chi connectivity index (χ4v) is 4.97. The number of carbonyl (C=O) groups is 2. The molecule has 10 heteroatoms. The SMILES string of the molecule is O=C(NC(Cc1ccc(Oc2cccc(Cl)c2)c([N+](=O)[O-])c1)C(=O)O)OCC1c2ccccc2-c2ccccc21. The van der Waals surface area contributed by atoms with Crippen molar-refractivity contribution in [3.63, 3.8) is 0 Å². The van der Waals surface area contributed by atoms with Crippen molar-refractivity contribution < 1.29 is 29.1 Å². The summed E-state index contributed by atoms with van der Waals surface area (Å²) >= 11 is 5.96. The average molecular weight is 559 g/mol. The van der Waals surface area contributed by atoms with Crippen LogP contribution in [0.5, 0.6) is 11.5 Å². The Balaban J connectivity index is 1.26. The van der Waals surface area contributed by atoms with Gasteiger partial charge in [-0.05, 0) is 52.1 Å². The van der Waals surface area contributed by atoms with Gasteiger partial charge in [0.1, 0.15) is 18.4 Å². The predicted octanol–water partition coefficient (Wildman–Crippen LogP) is 6.57. The zero-order chi connectivity index (χ0) is 28.2. The van der Waals surface area contributed by atoms with E-state index in [0.29, 0.717) is 16.3 Å². The molecule has 4 aromatic rings. The number of halogens is 1. The number of nitro groups is 1. The smallest absolute Gasteiger partial charge is 0.407 e. The summed E-state index contributed by atoms with van der Waals surface area (Å²) in [5.41, 5.74) is 4.15. The van der Waals surface area contributed by atoms with Gasteiger partial charge in [0.05, 0.1) is 4.92 Å². The van der Waals surface area contributed by atoms with Gasteiger partial charge in [-0.15, -0.1) is 0 Å². The van der Waals surface area contributed by atoms with Crippen molar-refractivity contribution in [2.24, 2.45) is 0 Å². The molecule has 0 fully saturated rings. The van der Waals surface area contributed by atoms with E-state index in [1.165, 1.54) is 24.3 Å². The fourth-order valence-electron chi connectivity index (χ4n) is 4.79. The first-order valence-corrected chi connectivity index (χ1v) is 12.7. The van der Waals surface area contributed by atoms with Gasteiger partial charge in [0, 0.05) is 23.4 Å². The number of hydrogen-bond acceptors (Lipinski definition) is 6. The summed E-state index contributed by atoms with van der Waals surface area (Å²) in [6.45, 7) is 0.0210. The van der Waals surface area contributed by atoms with E-state index in [1.807, 2.05) is 48.5 Å². The molecule has 0 aromatic heterocycles. The number of alkyl carbamates (subject to hydrolysis) is 1. The number of nitrogens with zero attached hydrogens (tertiary/aromatic N) is 1. The van der Waals surface area contributed by atoms with Crippen LogP contribution in [0.25, 0.3) is 11.1 Å². The Kier molecular flexibility index (Phi) is 7.65. The Bertz CT molecular complexity index is 1560. The molecule has 202 valence electrons. The number of ether oxygens (including phenoxy) is 2. The second-order valence-corrected chi connectivity index (χ2v) is 9.62. The van der Waals surface area contributed by atoms with Crippen LogP contribution in [-0.4, -0.2) is 34.7 Å². The second kappa shape index (κ2) is 11.5. The molecule has 1 unspecified atom stereocenters. The maximum absolute atomic E-state index is 12.7. The van der Waals surface area contributed by atoms with Crippen LogP contribution < -0.4 is 10.1 Å². The third-order valence-corrected chi connectivity index (χ3v) is 6.85. The molecule has 1 atom stereocenters. The largest absolute Gasteiger partial charge is 0.480 e. The molecule has 0 saturated carbocycles. The van der Waals surface area contributed by atoms with Crippen LogP contribution in [0.4, 0.5) is 10.5 Å². The normalized spacial score (nSPS) is 12.6. The fraction of sp³-hybridized carbons (Fsp3) is 0.133. The van der Waals surface area contributed by atoms with Crippen molar-refractivity contribution in [3.05, 3.63) is 123 Å². The number of carboxylic acids is 1. The highest BCUT2D eigenvalue weighted by Gasteiger charge is 2.30. The van der Waals surface area contributed by atoms with Crippen LogP contribution in [0, 0.1) is 10.1 Å². The van der Waals surface area contributed by atoms with Crippen LogP contribution in [0.2, 0.25) is 5.02 Å². The van der Waals surface area contributed by atoms with Crippen molar-refractivity contribution in [2.45, 2.75) is 18.4 Å². The zero-order valence-corrected chi connectivity index (χ0v) is 21.7. The first-order valence-electron chi connectivity index (χ1n) is 12.3. The van der Waals surface area contributed by atoms with Crippen molar-refractivity contribution >= 4 is 29.4 Å². The molecule has 2 N–H and O–H groups in total. The van der Waals surface area contributed by atoms with Gasteiger partial charge >= 0.3 is 17.7 Å². The minimum atomic E-state index is -1.38. The number of fused-ring (bicyclic) bond motifs is 3. The van der Waals surface area contributed by atoms with Gasteiger partial charge in [-0.2, -0.15) is 0 Å². The van der Waals surface area contributed by atoms with E-state index in [0.717, 1.165) is 22.3 Å². The molecule has 4 aromatic carbocycles. The summed E-state index contributed by atoms with van der Waals surface area (Å²) in [5.74, 6) is -1.22. The number of carboxylic acid groups (broad SMARTS) is 1. The quantitative estimate of drug-likeness (QED) is 0.175. The van der Waals surface area contributed by atoms with Gasteiger partial charge < -0.3 is 19.9 Å². The second-order valence-electron chi connectivity index (χ2n) is 9.18. The number of hydrogen-bond donors (Lipinski definition) is 2. The predicted molar refractivity (Wildman–Crippen MR) is 148 cm³/mol. The van der Waals surface area contributed by atoms with Crippen molar-refractivity contribution in [2.75, 3.05) is 6.61 Å². The van der Waals surface area contributed by atoms with E-state index in [4.69, 9.17) is 21.1 Å². The molecule has 0 saturated heterocycles. The molecule has 0 bridgehead atoms. The lowest BCUT2D eigenvalue weighted by Crippen LogP contribution is -2.42. The van der Waals surface area contributed by atoms with E-state index in [1.54, 1.807) is 18.2 Å². The maximum Gasteiger partial charge on any atom is 0.407 e. The Morgan fingerprint density at radius 1 is 0.950 bits per heavy atom. The van der Waals surface area contributed by atoms with Gasteiger partial charge in [-0.3, -0.25) is 10.1 Å². The standard InChI is InChI=1S/C30H23ClN2O7/c31-19-6-5-7-20(16-19)40-28-13-12-18(15-27(28)33(37)38)14-26(29(34)35)32-30(36)39-17-25-23-10-3-1-8-21(23)22-9-2-4-11-24(22)25/h1-13,15-16,25-26H,14,17H2,(H,32,36)(H,34,35). The van der Waals surface area contributed by atoms with Crippen molar-refractivity contribution in [1.82, 2.24) is 5.32 Å². The molecular weight excluding hydrogens is 536 g/mol. The molecule has 1 aliphatic rings. The van der Waals surface area contributed by atoms with Crippen molar-refractivity contribution in [3.8, 4) is 22.6 Å². The van der Waals surface area contributed by atoms with E-state index >= 15 is 0 Å². The van der Waals surface area contributed by atoms with Crippen LogP contribution in [-0.2, 0) is 16.0 Å². The van der Waals surface area contributed by atoms with E-state index < -0.39 is 23.0 Å². The van der Waals surface area contributed by atoms with Gasteiger partial charge in [0.25, 0.3) is 0 Å². The number of aliphatic carboxylic acids is 1. The molecule has 0 radical (unpaired) electrons. The number of amides is 1. The van der Waals surface area contributed by atoms with Crippen molar-refractivity contribution in [1.29, 1.82) is 0 Å². The van der Waals surface area contributed by atoms with Crippen LogP contribution in [0.1, 0.15) is 22.6 Å².